The molecule has 5 rings (SSSR count). The number of aromatic nitrogens is 1. The molecule has 0 bridgehead atoms. The quantitative estimate of drug-likeness (QED) is 0.408. The number of hydrogen-bond donors (Lipinski definition) is 0. The maximum absolute atomic E-state index is 13.2. The Morgan fingerprint density at radius 1 is 1.06 bits per heavy atom. The van der Waals surface area contributed by atoms with E-state index in [9.17, 15) is 8.42 Å². The van der Waals surface area contributed by atoms with Gasteiger partial charge >= 0.3 is 0 Å². The molecule has 158 valence electrons. The summed E-state index contributed by atoms with van der Waals surface area (Å²) in [5, 5.41) is 4.39. The molecule has 6 nitrogen and oxygen atoms in total. The lowest BCUT2D eigenvalue weighted by Crippen LogP contribution is -2.26. The van der Waals surface area contributed by atoms with E-state index in [1.165, 1.54) is 15.6 Å². The highest BCUT2D eigenvalue weighted by molar-refractivity contribution is 7.93. The number of rotatable bonds is 6. The summed E-state index contributed by atoms with van der Waals surface area (Å²) >= 11 is 1.47. The van der Waals surface area contributed by atoms with Gasteiger partial charge in [0.25, 0.3) is 10.0 Å². The van der Waals surface area contributed by atoms with Gasteiger partial charge in [-0.15, -0.1) is 11.3 Å². The largest absolute Gasteiger partial charge is 0.493 e. The van der Waals surface area contributed by atoms with Crippen LogP contribution in [-0.4, -0.2) is 27.1 Å². The molecule has 0 N–H and O–H groups in total. The molecule has 0 saturated heterocycles. The van der Waals surface area contributed by atoms with Crippen molar-refractivity contribution in [3.8, 4) is 22.1 Å². The summed E-state index contributed by atoms with van der Waals surface area (Å²) in [7, 11) is -2.01. The number of nitrogens with zero attached hydrogens (tertiary/aromatic N) is 2. The minimum atomic E-state index is -3.61. The van der Waals surface area contributed by atoms with Gasteiger partial charge in [-0.2, -0.15) is 0 Å². The molecule has 31 heavy (non-hydrogen) atoms. The minimum Gasteiger partial charge on any atom is -0.493 e. The molecule has 0 fully saturated rings. The van der Waals surface area contributed by atoms with Crippen molar-refractivity contribution in [2.45, 2.75) is 18.4 Å². The molecule has 0 amide bonds. The van der Waals surface area contributed by atoms with Crippen molar-refractivity contribution in [3.63, 3.8) is 0 Å². The zero-order valence-electron chi connectivity index (χ0n) is 17.0. The third-order valence-electron chi connectivity index (χ3n) is 5.25. The van der Waals surface area contributed by atoms with Gasteiger partial charge in [0, 0.05) is 16.3 Å². The Hall–Kier alpha value is -3.10. The lowest BCUT2D eigenvalue weighted by Gasteiger charge is -2.17. The van der Waals surface area contributed by atoms with Gasteiger partial charge in [0.15, 0.2) is 11.5 Å². The van der Waals surface area contributed by atoms with Crippen LogP contribution in [0.3, 0.4) is 0 Å². The maximum atomic E-state index is 13.2. The van der Waals surface area contributed by atoms with E-state index in [2.05, 4.69) is 0 Å². The molecule has 0 atom stereocenters. The summed E-state index contributed by atoms with van der Waals surface area (Å²) < 4.78 is 38.9. The number of anilines is 1. The molecule has 0 radical (unpaired) electrons. The topological polar surface area (TPSA) is 68.7 Å². The fourth-order valence-electron chi connectivity index (χ4n) is 3.86. The molecule has 4 aromatic rings. The molecule has 1 aromatic heterocycles. The van der Waals surface area contributed by atoms with Gasteiger partial charge in [-0.1, -0.05) is 24.3 Å². The van der Waals surface area contributed by atoms with Gasteiger partial charge in [-0.05, 0) is 42.6 Å². The second-order valence-corrected chi connectivity index (χ2v) is 9.77. The molecule has 3 aromatic carbocycles. The third kappa shape index (κ3) is 3.23. The van der Waals surface area contributed by atoms with Crippen LogP contribution in [0.2, 0.25) is 0 Å². The number of hydrogen-bond acceptors (Lipinski definition) is 6. The van der Waals surface area contributed by atoms with Crippen LogP contribution in [0.15, 0.2) is 64.9 Å². The Morgan fingerprint density at radius 3 is 2.65 bits per heavy atom. The highest BCUT2D eigenvalue weighted by Gasteiger charge is 2.35. The first-order chi connectivity index (χ1) is 15.0. The average molecular weight is 453 g/mol. The lowest BCUT2D eigenvalue weighted by atomic mass is 10.1. The maximum Gasteiger partial charge on any atom is 0.265 e. The SMILES string of the molecule is CCOc1ccc(-c2nc(CN3c4cccc5cccc(c45)S3(=O)=O)cs2)cc1OC. The summed E-state index contributed by atoms with van der Waals surface area (Å²) in [6, 6.07) is 16.7. The third-order valence-corrected chi connectivity index (χ3v) is 7.99. The van der Waals surface area contributed by atoms with Crippen molar-refractivity contribution in [1.82, 2.24) is 4.98 Å². The van der Waals surface area contributed by atoms with E-state index in [1.54, 1.807) is 19.2 Å². The van der Waals surface area contributed by atoms with Crippen molar-refractivity contribution in [3.05, 3.63) is 65.7 Å². The van der Waals surface area contributed by atoms with Gasteiger partial charge in [-0.25, -0.2) is 13.4 Å². The average Bonchev–Trinajstić information content (AvgIpc) is 3.33. The molecule has 1 aliphatic rings. The zero-order chi connectivity index (χ0) is 21.6. The van der Waals surface area contributed by atoms with Crippen LogP contribution in [0.5, 0.6) is 11.5 Å². The van der Waals surface area contributed by atoms with Gasteiger partial charge < -0.3 is 9.47 Å². The van der Waals surface area contributed by atoms with E-state index in [0.717, 1.165) is 21.3 Å². The highest BCUT2D eigenvalue weighted by atomic mass is 32.2. The second kappa shape index (κ2) is 7.55. The molecule has 0 spiro atoms. The summed E-state index contributed by atoms with van der Waals surface area (Å²) in [6.45, 7) is 2.66. The van der Waals surface area contributed by atoms with Crippen molar-refractivity contribution >= 4 is 37.8 Å². The van der Waals surface area contributed by atoms with E-state index in [4.69, 9.17) is 14.5 Å². The fourth-order valence-corrected chi connectivity index (χ4v) is 6.35. The van der Waals surface area contributed by atoms with E-state index < -0.39 is 10.0 Å². The van der Waals surface area contributed by atoms with E-state index in [-0.39, 0.29) is 6.54 Å². The van der Waals surface area contributed by atoms with E-state index >= 15 is 0 Å². The van der Waals surface area contributed by atoms with Crippen molar-refractivity contribution in [2.75, 3.05) is 18.0 Å². The van der Waals surface area contributed by atoms with E-state index in [1.807, 2.05) is 54.8 Å². The Balaban J connectivity index is 1.48. The van der Waals surface area contributed by atoms with E-state index in [0.29, 0.717) is 34.4 Å². The smallest absolute Gasteiger partial charge is 0.265 e. The van der Waals surface area contributed by atoms with Crippen LogP contribution in [0, 0.1) is 0 Å². The predicted octanol–water partition coefficient (Wildman–Crippen LogP) is 5.08. The molecular formula is C23H20N2O4S2. The van der Waals surface area contributed by atoms with Gasteiger partial charge in [-0.3, -0.25) is 4.31 Å². The van der Waals surface area contributed by atoms with Crippen LogP contribution >= 0.6 is 11.3 Å². The molecular weight excluding hydrogens is 432 g/mol. The van der Waals surface area contributed by atoms with Crippen LogP contribution in [-0.2, 0) is 16.6 Å². The van der Waals surface area contributed by atoms with Crippen LogP contribution < -0.4 is 13.8 Å². The summed E-state index contributed by atoms with van der Waals surface area (Å²) in [4.78, 5) is 5.06. The molecule has 0 unspecified atom stereocenters. The van der Waals surface area contributed by atoms with Gasteiger partial charge in [0.1, 0.15) is 5.01 Å². The summed E-state index contributed by atoms with van der Waals surface area (Å²) in [6.07, 6.45) is 0. The molecule has 8 heteroatoms. The van der Waals surface area contributed by atoms with Crippen molar-refractivity contribution in [1.29, 1.82) is 0 Å². The normalized spacial score (nSPS) is 14.2. The number of thiazole rings is 1. The first kappa shape index (κ1) is 19.8. The second-order valence-electron chi connectivity index (χ2n) is 7.09. The standard InChI is InChI=1S/C23H20N2O4S2/c1-3-29-19-11-10-16(12-20(19)28-2)23-24-17(14-30-23)13-25-18-8-4-6-15-7-5-9-21(22(15)18)31(25,26)27/h4-12,14H,3,13H2,1-2H3. The first-order valence-electron chi connectivity index (χ1n) is 9.83. The summed E-state index contributed by atoms with van der Waals surface area (Å²) in [5.41, 5.74) is 2.29. The van der Waals surface area contributed by atoms with Gasteiger partial charge in [0.05, 0.1) is 36.5 Å². The zero-order valence-corrected chi connectivity index (χ0v) is 18.7. The lowest BCUT2D eigenvalue weighted by molar-refractivity contribution is 0.311. The monoisotopic (exact) mass is 452 g/mol. The Morgan fingerprint density at radius 2 is 1.87 bits per heavy atom. The minimum absolute atomic E-state index is 0.181. The molecule has 0 aliphatic carbocycles. The Bertz CT molecular complexity index is 1390. The highest BCUT2D eigenvalue weighted by Crippen LogP contribution is 2.43. The first-order valence-corrected chi connectivity index (χ1v) is 12.1. The number of benzene rings is 3. The molecule has 2 heterocycles. The summed E-state index contributed by atoms with van der Waals surface area (Å²) in [5.74, 6) is 1.32. The number of methoxy groups -OCH3 is 1. The van der Waals surface area contributed by atoms with Crippen molar-refractivity contribution in [2.24, 2.45) is 0 Å². The van der Waals surface area contributed by atoms with Gasteiger partial charge in [0.2, 0.25) is 0 Å². The van der Waals surface area contributed by atoms with Crippen LogP contribution in [0.1, 0.15) is 12.6 Å². The van der Waals surface area contributed by atoms with Crippen molar-refractivity contribution < 1.29 is 17.9 Å². The Kier molecular flexibility index (Phi) is 4.83. The molecule has 1 aliphatic heterocycles. The van der Waals surface area contributed by atoms with Crippen LogP contribution in [0.25, 0.3) is 21.3 Å². The number of sulfonamides is 1. The molecule has 0 saturated carbocycles. The Labute approximate surface area is 184 Å². The fraction of sp³-hybridized carbons (Fsp3) is 0.174. The predicted molar refractivity (Wildman–Crippen MR) is 123 cm³/mol. The van der Waals surface area contributed by atoms with Crippen LogP contribution in [0.4, 0.5) is 5.69 Å². The number of ether oxygens (including phenoxy) is 2.